The number of hydrogen-bond donors (Lipinski definition) is 2. The molecule has 0 spiro atoms. The maximum absolute atomic E-state index is 12.0. The van der Waals surface area contributed by atoms with E-state index in [1.165, 1.54) is 4.52 Å². The number of para-hydroxylation sites is 1. The molecule has 0 aliphatic rings. The van der Waals surface area contributed by atoms with Gasteiger partial charge in [0.15, 0.2) is 11.5 Å². The molecule has 7 nitrogen and oxygen atoms in total. The lowest BCUT2D eigenvalue weighted by atomic mass is 10.2. The van der Waals surface area contributed by atoms with Gasteiger partial charge in [0.1, 0.15) is 0 Å². The Morgan fingerprint density at radius 1 is 1.21 bits per heavy atom. The minimum absolute atomic E-state index is 0.309. The van der Waals surface area contributed by atoms with E-state index in [9.17, 15) is 4.79 Å². The van der Waals surface area contributed by atoms with Crippen LogP contribution in [0.2, 0.25) is 0 Å². The van der Waals surface area contributed by atoms with Gasteiger partial charge in [-0.05, 0) is 12.1 Å². The first-order valence-electron chi connectivity index (χ1n) is 5.70. The van der Waals surface area contributed by atoms with Crippen molar-refractivity contribution in [2.24, 2.45) is 0 Å². The fourth-order valence-electron chi connectivity index (χ4n) is 2.08. The lowest BCUT2D eigenvalue weighted by Gasteiger charge is -1.97. The van der Waals surface area contributed by atoms with Crippen LogP contribution < -0.4 is 5.69 Å². The first-order valence-corrected chi connectivity index (χ1v) is 5.70. The highest BCUT2D eigenvalue weighted by Gasteiger charge is 2.12. The molecule has 0 atom stereocenters. The average Bonchev–Trinajstić information content (AvgIpc) is 3.08. The van der Waals surface area contributed by atoms with Crippen LogP contribution in [0.25, 0.3) is 27.9 Å². The van der Waals surface area contributed by atoms with Crippen molar-refractivity contribution in [3.8, 4) is 11.4 Å². The molecule has 0 saturated carbocycles. The topological polar surface area (TPSA) is 91.7 Å². The molecule has 92 valence electrons. The molecular weight excluding hydrogens is 244 g/mol. The van der Waals surface area contributed by atoms with Crippen molar-refractivity contribution in [2.75, 3.05) is 0 Å². The van der Waals surface area contributed by atoms with E-state index in [0.717, 1.165) is 16.5 Å². The van der Waals surface area contributed by atoms with Gasteiger partial charge >= 0.3 is 5.69 Å². The van der Waals surface area contributed by atoms with Crippen LogP contribution in [0.5, 0.6) is 0 Å². The minimum atomic E-state index is -0.309. The molecule has 0 aliphatic heterocycles. The van der Waals surface area contributed by atoms with Gasteiger partial charge in [0.25, 0.3) is 0 Å². The maximum Gasteiger partial charge on any atom is 0.348 e. The molecule has 0 fully saturated rings. The molecule has 4 rings (SSSR count). The summed E-state index contributed by atoms with van der Waals surface area (Å²) < 4.78 is 1.27. The summed E-state index contributed by atoms with van der Waals surface area (Å²) in [6.45, 7) is 0. The second-order valence-corrected chi connectivity index (χ2v) is 4.13. The zero-order valence-corrected chi connectivity index (χ0v) is 9.66. The average molecular weight is 252 g/mol. The van der Waals surface area contributed by atoms with E-state index in [-0.39, 0.29) is 5.69 Å². The molecule has 19 heavy (non-hydrogen) atoms. The monoisotopic (exact) mass is 252 g/mol. The second-order valence-electron chi connectivity index (χ2n) is 4.13. The fourth-order valence-corrected chi connectivity index (χ4v) is 2.08. The van der Waals surface area contributed by atoms with E-state index >= 15 is 0 Å². The highest BCUT2D eigenvalue weighted by Crippen LogP contribution is 2.18. The molecular formula is C12H8N6O. The van der Waals surface area contributed by atoms with Crippen LogP contribution in [-0.4, -0.2) is 29.8 Å². The predicted molar refractivity (Wildman–Crippen MR) is 68.7 cm³/mol. The van der Waals surface area contributed by atoms with Crippen molar-refractivity contribution < 1.29 is 0 Å². The molecule has 7 heteroatoms. The van der Waals surface area contributed by atoms with E-state index in [2.05, 4.69) is 25.3 Å². The zero-order chi connectivity index (χ0) is 12.8. The summed E-state index contributed by atoms with van der Waals surface area (Å²) in [7, 11) is 0. The van der Waals surface area contributed by atoms with Gasteiger partial charge in [-0.15, -0.1) is 5.10 Å². The van der Waals surface area contributed by atoms with Gasteiger partial charge in [0, 0.05) is 11.6 Å². The molecule has 0 amide bonds. The summed E-state index contributed by atoms with van der Waals surface area (Å²) in [5, 5.41) is 11.6. The van der Waals surface area contributed by atoms with Crippen molar-refractivity contribution in [1.82, 2.24) is 29.8 Å². The Balaban J connectivity index is 2.16. The SMILES string of the molecule is O=c1[nH]c2ccccc2c2nc(-c3cn[nH]c3)nn12. The van der Waals surface area contributed by atoms with Crippen molar-refractivity contribution in [3.63, 3.8) is 0 Å². The lowest BCUT2D eigenvalue weighted by molar-refractivity contribution is 0.885. The molecule has 0 saturated heterocycles. The van der Waals surface area contributed by atoms with E-state index in [0.29, 0.717) is 11.5 Å². The lowest BCUT2D eigenvalue weighted by Crippen LogP contribution is -2.17. The Bertz CT molecular complexity index is 934. The number of fused-ring (bicyclic) bond motifs is 3. The number of rotatable bonds is 1. The minimum Gasteiger partial charge on any atom is -0.305 e. The summed E-state index contributed by atoms with van der Waals surface area (Å²) in [5.41, 5.74) is 1.71. The van der Waals surface area contributed by atoms with Crippen LogP contribution in [-0.2, 0) is 0 Å². The smallest absolute Gasteiger partial charge is 0.305 e. The normalized spacial score (nSPS) is 11.4. The van der Waals surface area contributed by atoms with Crippen LogP contribution in [0, 0.1) is 0 Å². The fraction of sp³-hybridized carbons (Fsp3) is 0. The van der Waals surface area contributed by atoms with Crippen LogP contribution in [0.3, 0.4) is 0 Å². The van der Waals surface area contributed by atoms with Crippen LogP contribution in [0.1, 0.15) is 0 Å². The number of hydrogen-bond acceptors (Lipinski definition) is 4. The maximum atomic E-state index is 12.0. The molecule has 2 N–H and O–H groups in total. The molecule has 0 aliphatic carbocycles. The van der Waals surface area contributed by atoms with E-state index in [1.807, 2.05) is 24.3 Å². The van der Waals surface area contributed by atoms with Crippen LogP contribution >= 0.6 is 0 Å². The molecule has 3 aromatic heterocycles. The number of H-pyrrole nitrogens is 2. The Labute approximate surface area is 105 Å². The number of nitrogens with zero attached hydrogens (tertiary/aromatic N) is 4. The summed E-state index contributed by atoms with van der Waals surface area (Å²) in [6.07, 6.45) is 3.30. The van der Waals surface area contributed by atoms with Crippen molar-refractivity contribution in [3.05, 3.63) is 47.1 Å². The summed E-state index contributed by atoms with van der Waals surface area (Å²) in [5.74, 6) is 0.468. The Kier molecular flexibility index (Phi) is 1.85. The van der Waals surface area contributed by atoms with Crippen molar-refractivity contribution in [1.29, 1.82) is 0 Å². The third kappa shape index (κ3) is 1.38. The van der Waals surface area contributed by atoms with Crippen molar-refractivity contribution in [2.45, 2.75) is 0 Å². The zero-order valence-electron chi connectivity index (χ0n) is 9.66. The van der Waals surface area contributed by atoms with E-state index < -0.39 is 0 Å². The van der Waals surface area contributed by atoms with Gasteiger partial charge < -0.3 is 4.98 Å². The largest absolute Gasteiger partial charge is 0.348 e. The van der Waals surface area contributed by atoms with Gasteiger partial charge in [-0.3, -0.25) is 5.10 Å². The molecule has 3 heterocycles. The van der Waals surface area contributed by atoms with Crippen LogP contribution in [0.15, 0.2) is 41.5 Å². The Hall–Kier alpha value is -2.96. The second kappa shape index (κ2) is 3.52. The number of aromatic nitrogens is 6. The molecule has 0 unspecified atom stereocenters. The molecule has 0 radical (unpaired) electrons. The third-order valence-electron chi connectivity index (χ3n) is 2.97. The Morgan fingerprint density at radius 2 is 2.11 bits per heavy atom. The molecule has 0 bridgehead atoms. The van der Waals surface area contributed by atoms with E-state index in [1.54, 1.807) is 12.4 Å². The standard InChI is InChI=1S/C12H8N6O/c19-12-15-9-4-2-1-3-8(9)11-16-10(17-18(11)12)7-5-13-14-6-7/h1-6H,(H,13,14)(H,15,19). The number of nitrogens with one attached hydrogen (secondary N) is 2. The van der Waals surface area contributed by atoms with Crippen molar-refractivity contribution >= 4 is 16.6 Å². The quantitative estimate of drug-likeness (QED) is 0.527. The highest BCUT2D eigenvalue weighted by atomic mass is 16.1. The van der Waals surface area contributed by atoms with Gasteiger partial charge in [0.2, 0.25) is 0 Å². The Morgan fingerprint density at radius 3 is 2.95 bits per heavy atom. The highest BCUT2D eigenvalue weighted by molar-refractivity contribution is 5.91. The summed E-state index contributed by atoms with van der Waals surface area (Å²) >= 11 is 0. The van der Waals surface area contributed by atoms with Gasteiger partial charge in [-0.2, -0.15) is 9.61 Å². The first kappa shape index (κ1) is 10.0. The number of aromatic amines is 2. The van der Waals surface area contributed by atoms with Crippen LogP contribution in [0.4, 0.5) is 0 Å². The summed E-state index contributed by atoms with van der Waals surface area (Å²) in [6, 6.07) is 7.49. The molecule has 4 aromatic rings. The van der Waals surface area contributed by atoms with Gasteiger partial charge in [-0.25, -0.2) is 9.78 Å². The summed E-state index contributed by atoms with van der Waals surface area (Å²) in [4.78, 5) is 19.1. The predicted octanol–water partition coefficient (Wildman–Crippen LogP) is 0.961. The number of benzene rings is 1. The van der Waals surface area contributed by atoms with Gasteiger partial charge in [0.05, 0.1) is 17.3 Å². The molecule has 1 aromatic carbocycles. The van der Waals surface area contributed by atoms with E-state index in [4.69, 9.17) is 0 Å². The third-order valence-corrected chi connectivity index (χ3v) is 2.97. The van der Waals surface area contributed by atoms with Gasteiger partial charge in [-0.1, -0.05) is 12.1 Å². The first-order chi connectivity index (χ1) is 9.33.